The van der Waals surface area contributed by atoms with E-state index in [-0.39, 0.29) is 0 Å². The van der Waals surface area contributed by atoms with Crippen molar-refractivity contribution in [2.24, 2.45) is 5.92 Å². The molecule has 2 unspecified atom stereocenters. The maximum absolute atomic E-state index is 9.48. The second-order valence-corrected chi connectivity index (χ2v) is 4.36. The first-order valence-corrected chi connectivity index (χ1v) is 5.81. The number of aromatic hydroxyl groups is 1. The van der Waals surface area contributed by atoms with Gasteiger partial charge in [0.05, 0.1) is 0 Å². The Bertz CT molecular complexity index is 318. The summed E-state index contributed by atoms with van der Waals surface area (Å²) < 4.78 is 0. The third-order valence-corrected chi connectivity index (χ3v) is 3.41. The van der Waals surface area contributed by atoms with Crippen LogP contribution in [0.15, 0.2) is 24.3 Å². The monoisotopic (exact) mass is 205 g/mol. The van der Waals surface area contributed by atoms with Gasteiger partial charge in [-0.1, -0.05) is 19.1 Å². The summed E-state index contributed by atoms with van der Waals surface area (Å²) in [4.78, 5) is 0. The number of hydrogen-bond donors (Lipinski definition) is 2. The lowest BCUT2D eigenvalue weighted by Crippen LogP contribution is -2.15. The summed E-state index contributed by atoms with van der Waals surface area (Å²) in [6.45, 7) is 4.49. The van der Waals surface area contributed by atoms with Crippen LogP contribution in [0.2, 0.25) is 0 Å². The molecule has 1 heterocycles. The molecule has 1 aliphatic rings. The van der Waals surface area contributed by atoms with E-state index in [9.17, 15) is 5.11 Å². The summed E-state index contributed by atoms with van der Waals surface area (Å²) in [6.07, 6.45) is 2.41. The van der Waals surface area contributed by atoms with Gasteiger partial charge < -0.3 is 10.4 Å². The Morgan fingerprint density at radius 3 is 3.00 bits per heavy atom. The Balaban J connectivity index is 2.18. The molecule has 0 spiro atoms. The minimum Gasteiger partial charge on any atom is -0.508 e. The van der Waals surface area contributed by atoms with Gasteiger partial charge in [-0.15, -0.1) is 0 Å². The van der Waals surface area contributed by atoms with Crippen molar-refractivity contribution in [2.75, 3.05) is 13.1 Å². The summed E-state index contributed by atoms with van der Waals surface area (Å²) in [6, 6.07) is 7.72. The molecule has 0 saturated carbocycles. The van der Waals surface area contributed by atoms with Gasteiger partial charge in [-0.2, -0.15) is 0 Å². The van der Waals surface area contributed by atoms with E-state index < -0.39 is 0 Å². The zero-order valence-corrected chi connectivity index (χ0v) is 9.24. The molecule has 82 valence electrons. The minimum absolute atomic E-state index is 0.386. The third-order valence-electron chi connectivity index (χ3n) is 3.41. The van der Waals surface area contributed by atoms with E-state index in [1.807, 2.05) is 12.1 Å². The van der Waals surface area contributed by atoms with Crippen LogP contribution in [-0.4, -0.2) is 18.2 Å². The topological polar surface area (TPSA) is 32.3 Å². The second kappa shape index (κ2) is 4.67. The molecule has 1 aliphatic heterocycles. The Kier molecular flexibility index (Phi) is 3.27. The Morgan fingerprint density at radius 1 is 1.53 bits per heavy atom. The molecule has 15 heavy (non-hydrogen) atoms. The zero-order chi connectivity index (χ0) is 10.7. The van der Waals surface area contributed by atoms with Crippen molar-refractivity contribution in [1.82, 2.24) is 5.32 Å². The third kappa shape index (κ3) is 2.32. The van der Waals surface area contributed by atoms with Crippen molar-refractivity contribution >= 4 is 0 Å². The van der Waals surface area contributed by atoms with Crippen molar-refractivity contribution in [1.29, 1.82) is 0 Å². The van der Waals surface area contributed by atoms with Gasteiger partial charge in [-0.3, -0.25) is 0 Å². The maximum atomic E-state index is 9.48. The molecule has 1 saturated heterocycles. The SMILES string of the molecule is CCC(c1cccc(O)c1)C1CCNC1. The average Bonchev–Trinajstić information content (AvgIpc) is 2.72. The van der Waals surface area contributed by atoms with Crippen molar-refractivity contribution in [3.8, 4) is 5.75 Å². The lowest BCUT2D eigenvalue weighted by molar-refractivity contribution is 0.440. The van der Waals surface area contributed by atoms with Crippen molar-refractivity contribution < 1.29 is 5.11 Å². The highest BCUT2D eigenvalue weighted by molar-refractivity contribution is 5.30. The van der Waals surface area contributed by atoms with Gasteiger partial charge in [0.1, 0.15) is 5.75 Å². The first kappa shape index (κ1) is 10.5. The molecule has 0 bridgehead atoms. The molecule has 0 radical (unpaired) electrons. The zero-order valence-electron chi connectivity index (χ0n) is 9.24. The van der Waals surface area contributed by atoms with E-state index in [1.54, 1.807) is 6.07 Å². The fraction of sp³-hybridized carbons (Fsp3) is 0.538. The fourth-order valence-electron chi connectivity index (χ4n) is 2.62. The van der Waals surface area contributed by atoms with Crippen LogP contribution in [0.25, 0.3) is 0 Å². The molecule has 0 aliphatic carbocycles. The van der Waals surface area contributed by atoms with E-state index in [0.717, 1.165) is 25.4 Å². The molecule has 1 aromatic rings. The number of nitrogens with one attached hydrogen (secondary N) is 1. The number of benzene rings is 1. The Morgan fingerprint density at radius 2 is 2.40 bits per heavy atom. The van der Waals surface area contributed by atoms with E-state index >= 15 is 0 Å². The summed E-state index contributed by atoms with van der Waals surface area (Å²) in [5.41, 5.74) is 1.28. The number of hydrogen-bond acceptors (Lipinski definition) is 2. The van der Waals surface area contributed by atoms with Gasteiger partial charge in [0.2, 0.25) is 0 Å². The number of phenolic OH excluding ortho intramolecular Hbond substituents is 1. The molecule has 2 rings (SSSR count). The summed E-state index contributed by atoms with van der Waals surface area (Å²) in [5.74, 6) is 1.71. The number of phenols is 1. The first-order chi connectivity index (χ1) is 7.31. The van der Waals surface area contributed by atoms with Crippen LogP contribution in [0.5, 0.6) is 5.75 Å². The first-order valence-electron chi connectivity index (χ1n) is 5.81. The summed E-state index contributed by atoms with van der Waals surface area (Å²) in [5, 5.41) is 12.9. The van der Waals surface area contributed by atoms with Crippen LogP contribution in [-0.2, 0) is 0 Å². The predicted octanol–water partition coefficient (Wildman–Crippen LogP) is 2.50. The van der Waals surface area contributed by atoms with Crippen LogP contribution in [0.4, 0.5) is 0 Å². The van der Waals surface area contributed by atoms with Crippen molar-refractivity contribution in [2.45, 2.75) is 25.7 Å². The molecule has 2 N–H and O–H groups in total. The lowest BCUT2D eigenvalue weighted by atomic mass is 9.83. The van der Waals surface area contributed by atoms with Gasteiger partial charge >= 0.3 is 0 Å². The summed E-state index contributed by atoms with van der Waals surface area (Å²) in [7, 11) is 0. The highest BCUT2D eigenvalue weighted by atomic mass is 16.3. The molecule has 0 aromatic heterocycles. The van der Waals surface area contributed by atoms with Crippen LogP contribution >= 0.6 is 0 Å². The number of rotatable bonds is 3. The summed E-state index contributed by atoms with van der Waals surface area (Å²) >= 11 is 0. The normalized spacial score (nSPS) is 22.9. The highest BCUT2D eigenvalue weighted by Crippen LogP contribution is 2.33. The molecule has 1 fully saturated rings. The van der Waals surface area contributed by atoms with E-state index in [4.69, 9.17) is 0 Å². The minimum atomic E-state index is 0.386. The van der Waals surface area contributed by atoms with Crippen LogP contribution in [0.3, 0.4) is 0 Å². The van der Waals surface area contributed by atoms with Gasteiger partial charge in [0.15, 0.2) is 0 Å². The fourth-order valence-corrected chi connectivity index (χ4v) is 2.62. The Hall–Kier alpha value is -1.02. The van der Waals surface area contributed by atoms with Crippen LogP contribution in [0, 0.1) is 5.92 Å². The quantitative estimate of drug-likeness (QED) is 0.794. The smallest absolute Gasteiger partial charge is 0.115 e. The average molecular weight is 205 g/mol. The molecule has 0 amide bonds. The second-order valence-electron chi connectivity index (χ2n) is 4.36. The van der Waals surface area contributed by atoms with Gasteiger partial charge in [-0.05, 0) is 55.5 Å². The molecular weight excluding hydrogens is 186 g/mol. The Labute approximate surface area is 91.3 Å². The maximum Gasteiger partial charge on any atom is 0.115 e. The molecule has 1 aromatic carbocycles. The van der Waals surface area contributed by atoms with Crippen LogP contribution < -0.4 is 5.32 Å². The van der Waals surface area contributed by atoms with Crippen LogP contribution in [0.1, 0.15) is 31.2 Å². The van der Waals surface area contributed by atoms with E-state index in [0.29, 0.717) is 11.7 Å². The highest BCUT2D eigenvalue weighted by Gasteiger charge is 2.24. The van der Waals surface area contributed by atoms with E-state index in [1.165, 1.54) is 12.0 Å². The standard InChI is InChI=1S/C13H19NO/c1-2-13(11-6-7-14-9-11)10-4-3-5-12(15)8-10/h3-5,8,11,13-15H,2,6-7,9H2,1H3. The van der Waals surface area contributed by atoms with Crippen molar-refractivity contribution in [3.05, 3.63) is 29.8 Å². The lowest BCUT2D eigenvalue weighted by Gasteiger charge is -2.21. The van der Waals surface area contributed by atoms with Crippen molar-refractivity contribution in [3.63, 3.8) is 0 Å². The predicted molar refractivity (Wildman–Crippen MR) is 62.1 cm³/mol. The van der Waals surface area contributed by atoms with Gasteiger partial charge in [0, 0.05) is 0 Å². The molecule has 2 heteroatoms. The van der Waals surface area contributed by atoms with Gasteiger partial charge in [0.25, 0.3) is 0 Å². The largest absolute Gasteiger partial charge is 0.508 e. The molecule has 2 nitrogen and oxygen atoms in total. The van der Waals surface area contributed by atoms with Gasteiger partial charge in [-0.25, -0.2) is 0 Å². The van der Waals surface area contributed by atoms with E-state index in [2.05, 4.69) is 18.3 Å². The molecular formula is C13H19NO. The molecule has 2 atom stereocenters.